The van der Waals surface area contributed by atoms with Crippen molar-refractivity contribution in [2.75, 3.05) is 5.32 Å². The molecule has 0 saturated heterocycles. The summed E-state index contributed by atoms with van der Waals surface area (Å²) < 4.78 is 0.721. The highest BCUT2D eigenvalue weighted by atomic mass is 35.5. The first-order valence-electron chi connectivity index (χ1n) is 7.97. The zero-order chi connectivity index (χ0) is 17.8. The minimum absolute atomic E-state index is 0.413. The van der Waals surface area contributed by atoms with Gasteiger partial charge in [-0.25, -0.2) is 9.97 Å². The van der Waals surface area contributed by atoms with Crippen LogP contribution in [-0.2, 0) is 12.8 Å². The van der Waals surface area contributed by atoms with E-state index in [1.165, 1.54) is 11.3 Å². The van der Waals surface area contributed by atoms with E-state index in [9.17, 15) is 0 Å². The maximum atomic E-state index is 8.77. The Morgan fingerprint density at radius 1 is 1.16 bits per heavy atom. The van der Waals surface area contributed by atoms with E-state index >= 15 is 0 Å². The Hall–Kier alpha value is -2.42. The van der Waals surface area contributed by atoms with Gasteiger partial charge in [0.05, 0.1) is 21.7 Å². The van der Waals surface area contributed by atoms with Gasteiger partial charge >= 0.3 is 0 Å². The van der Waals surface area contributed by atoms with Gasteiger partial charge in [0.15, 0.2) is 5.82 Å². The molecule has 0 atom stereocenters. The van der Waals surface area contributed by atoms with Gasteiger partial charge in [0, 0.05) is 16.9 Å². The number of thiophene rings is 1. The maximum absolute atomic E-state index is 8.77. The van der Waals surface area contributed by atoms with Crippen molar-refractivity contribution < 1.29 is 0 Å². The molecule has 2 heterocycles. The molecule has 0 radical (unpaired) electrons. The summed E-state index contributed by atoms with van der Waals surface area (Å²) in [5.41, 5.74) is 3.98. The predicted molar refractivity (Wildman–Crippen MR) is 104 cm³/mol. The van der Waals surface area contributed by atoms with Crippen LogP contribution in [0, 0.1) is 18.3 Å². The number of hydrogen-bond acceptors (Lipinski definition) is 5. The van der Waals surface area contributed by atoms with Gasteiger partial charge in [0.2, 0.25) is 0 Å². The summed E-state index contributed by atoms with van der Waals surface area (Å²) >= 11 is 7.51. The topological polar surface area (TPSA) is 61.6 Å². The number of anilines is 2. The molecule has 0 saturated carbocycles. The van der Waals surface area contributed by atoms with Gasteiger partial charge in [-0.15, -0.1) is 11.3 Å². The molecule has 0 spiro atoms. The minimum Gasteiger partial charge on any atom is -0.340 e. The second-order valence-electron chi connectivity index (χ2n) is 5.57. The molecule has 25 heavy (non-hydrogen) atoms. The van der Waals surface area contributed by atoms with Crippen LogP contribution in [-0.4, -0.2) is 9.97 Å². The first-order valence-corrected chi connectivity index (χ1v) is 9.16. The van der Waals surface area contributed by atoms with Crippen molar-refractivity contribution in [2.24, 2.45) is 0 Å². The van der Waals surface area contributed by atoms with Gasteiger partial charge in [0.1, 0.15) is 5.82 Å². The lowest BCUT2D eigenvalue weighted by Gasteiger charge is -2.13. The van der Waals surface area contributed by atoms with Crippen LogP contribution in [0.15, 0.2) is 36.4 Å². The Morgan fingerprint density at radius 3 is 2.52 bits per heavy atom. The summed E-state index contributed by atoms with van der Waals surface area (Å²) in [7, 11) is 0. The summed E-state index contributed by atoms with van der Waals surface area (Å²) in [6, 6.07) is 13.8. The average Bonchev–Trinajstić information content (AvgIpc) is 3.03. The Labute approximate surface area is 156 Å². The predicted octanol–water partition coefficient (Wildman–Crippen LogP) is 5.54. The van der Waals surface area contributed by atoms with E-state index < -0.39 is 0 Å². The number of aromatic nitrogens is 2. The Morgan fingerprint density at radius 2 is 1.92 bits per heavy atom. The lowest BCUT2D eigenvalue weighted by Crippen LogP contribution is -2.05. The summed E-state index contributed by atoms with van der Waals surface area (Å²) in [4.78, 5) is 10.3. The molecule has 0 amide bonds. The van der Waals surface area contributed by atoms with Gasteiger partial charge in [-0.3, -0.25) is 0 Å². The van der Waals surface area contributed by atoms with E-state index in [0.717, 1.165) is 44.0 Å². The van der Waals surface area contributed by atoms with Crippen molar-refractivity contribution in [2.45, 2.75) is 26.7 Å². The number of nitriles is 1. The van der Waals surface area contributed by atoms with Crippen LogP contribution in [0.2, 0.25) is 4.34 Å². The van der Waals surface area contributed by atoms with Gasteiger partial charge in [-0.1, -0.05) is 30.7 Å². The van der Waals surface area contributed by atoms with E-state index in [0.29, 0.717) is 12.2 Å². The molecule has 0 aliphatic carbocycles. The molecule has 0 fully saturated rings. The number of nitrogens with one attached hydrogen (secondary N) is 1. The molecule has 1 aromatic carbocycles. The van der Waals surface area contributed by atoms with Crippen molar-refractivity contribution in [1.82, 2.24) is 9.97 Å². The molecule has 0 aliphatic rings. The first kappa shape index (κ1) is 17.4. The van der Waals surface area contributed by atoms with Crippen molar-refractivity contribution in [3.8, 4) is 16.8 Å². The zero-order valence-corrected chi connectivity index (χ0v) is 15.6. The monoisotopic (exact) mass is 368 g/mol. The highest BCUT2D eigenvalue weighted by molar-refractivity contribution is 7.19. The number of hydrogen-bond donors (Lipinski definition) is 1. The number of halogens is 1. The fourth-order valence-electron chi connectivity index (χ4n) is 2.60. The number of benzene rings is 1. The lowest BCUT2D eigenvalue weighted by atomic mass is 10.1. The van der Waals surface area contributed by atoms with E-state index in [-0.39, 0.29) is 0 Å². The third-order valence-electron chi connectivity index (χ3n) is 3.86. The molecule has 6 heteroatoms. The second-order valence-corrected chi connectivity index (χ2v) is 7.29. The summed E-state index contributed by atoms with van der Waals surface area (Å²) in [5, 5.41) is 12.2. The second kappa shape index (κ2) is 7.64. The maximum Gasteiger partial charge on any atom is 0.171 e. The molecule has 1 N–H and O–H groups in total. The molecule has 2 aromatic heterocycles. The van der Waals surface area contributed by atoms with Gasteiger partial charge in [-0.2, -0.15) is 5.26 Å². The molecule has 3 aromatic rings. The highest BCUT2D eigenvalue weighted by Gasteiger charge is 2.13. The fraction of sp³-hybridized carbons (Fsp3) is 0.211. The summed E-state index contributed by atoms with van der Waals surface area (Å²) in [6.07, 6.45) is 1.25. The van der Waals surface area contributed by atoms with Crippen LogP contribution in [0.4, 0.5) is 11.5 Å². The Bertz CT molecular complexity index is 926. The van der Waals surface area contributed by atoms with Gasteiger partial charge < -0.3 is 5.32 Å². The normalized spacial score (nSPS) is 10.5. The standard InChI is InChI=1S/C19H17ClN4S/c1-3-15-12(2)22-19(16-8-9-17(20)25-16)24-18(15)23-14-6-4-13(5-7-14)10-11-21/h4-9H,3,10H2,1-2H3,(H,22,23,24). The third kappa shape index (κ3) is 3.98. The van der Waals surface area contributed by atoms with Crippen molar-refractivity contribution in [1.29, 1.82) is 5.26 Å². The molecule has 3 rings (SSSR count). The first-order chi connectivity index (χ1) is 12.1. The Kier molecular flexibility index (Phi) is 5.32. The summed E-state index contributed by atoms with van der Waals surface area (Å²) in [6.45, 7) is 4.09. The van der Waals surface area contributed by atoms with Gasteiger partial charge in [0.25, 0.3) is 0 Å². The largest absolute Gasteiger partial charge is 0.340 e. The SMILES string of the molecule is CCc1c(C)nc(-c2ccc(Cl)s2)nc1Nc1ccc(CC#N)cc1. The van der Waals surface area contributed by atoms with E-state index in [4.69, 9.17) is 21.8 Å². The van der Waals surface area contributed by atoms with Crippen molar-refractivity contribution in [3.63, 3.8) is 0 Å². The number of aryl methyl sites for hydroxylation is 1. The highest BCUT2D eigenvalue weighted by Crippen LogP contribution is 2.31. The molecule has 0 aliphatic heterocycles. The fourth-order valence-corrected chi connectivity index (χ4v) is 3.58. The van der Waals surface area contributed by atoms with E-state index in [2.05, 4.69) is 23.3 Å². The molecule has 0 bridgehead atoms. The van der Waals surface area contributed by atoms with Crippen LogP contribution in [0.25, 0.3) is 10.7 Å². The van der Waals surface area contributed by atoms with Crippen LogP contribution < -0.4 is 5.32 Å². The molecular formula is C19H17ClN4S. The van der Waals surface area contributed by atoms with Crippen LogP contribution in [0.5, 0.6) is 0 Å². The van der Waals surface area contributed by atoms with Crippen molar-refractivity contribution in [3.05, 3.63) is 57.6 Å². The van der Waals surface area contributed by atoms with Gasteiger partial charge in [-0.05, 0) is 43.2 Å². The van der Waals surface area contributed by atoms with Crippen LogP contribution in [0.1, 0.15) is 23.7 Å². The number of rotatable bonds is 5. The Balaban J connectivity index is 1.96. The average molecular weight is 369 g/mol. The molecular weight excluding hydrogens is 352 g/mol. The number of nitrogens with zero attached hydrogens (tertiary/aromatic N) is 3. The minimum atomic E-state index is 0.413. The molecule has 0 unspecified atom stereocenters. The van der Waals surface area contributed by atoms with Crippen molar-refractivity contribution >= 4 is 34.4 Å². The third-order valence-corrected chi connectivity index (χ3v) is 5.09. The molecule has 4 nitrogen and oxygen atoms in total. The van der Waals surface area contributed by atoms with E-state index in [1.54, 1.807) is 0 Å². The quantitative estimate of drug-likeness (QED) is 0.642. The molecule has 126 valence electrons. The van der Waals surface area contributed by atoms with Crippen LogP contribution >= 0.6 is 22.9 Å². The van der Waals surface area contributed by atoms with Crippen LogP contribution in [0.3, 0.4) is 0 Å². The lowest BCUT2D eigenvalue weighted by molar-refractivity contribution is 1.01. The van der Waals surface area contributed by atoms with E-state index in [1.807, 2.05) is 43.3 Å². The smallest absolute Gasteiger partial charge is 0.171 e. The zero-order valence-electron chi connectivity index (χ0n) is 14.0. The summed E-state index contributed by atoms with van der Waals surface area (Å²) in [5.74, 6) is 1.48.